The highest BCUT2D eigenvalue weighted by molar-refractivity contribution is 5.95. The SMILES string of the molecule is CCN(CC)CCNC(=O)c1cc(N)c(F)cc1F. The van der Waals surface area contributed by atoms with E-state index in [4.69, 9.17) is 5.73 Å². The average Bonchev–Trinajstić information content (AvgIpc) is 2.38. The molecule has 4 nitrogen and oxygen atoms in total. The molecule has 0 unspecified atom stereocenters. The number of nitrogens with two attached hydrogens (primary N) is 1. The number of hydrogen-bond acceptors (Lipinski definition) is 3. The molecule has 0 saturated heterocycles. The van der Waals surface area contributed by atoms with Gasteiger partial charge in [0.1, 0.15) is 11.6 Å². The Bertz CT molecular complexity index is 448. The van der Waals surface area contributed by atoms with Crippen molar-refractivity contribution in [3.05, 3.63) is 29.3 Å². The number of amides is 1. The van der Waals surface area contributed by atoms with Gasteiger partial charge >= 0.3 is 0 Å². The Morgan fingerprint density at radius 2 is 1.89 bits per heavy atom. The predicted octanol–water partition coefficient (Wildman–Crippen LogP) is 1.62. The number of likely N-dealkylation sites (N-methyl/N-ethyl adjacent to an activating group) is 1. The number of nitrogens with one attached hydrogen (secondary N) is 1. The first-order valence-electron chi connectivity index (χ1n) is 6.24. The first-order chi connectivity index (χ1) is 8.99. The summed E-state index contributed by atoms with van der Waals surface area (Å²) in [6.45, 7) is 6.88. The normalized spacial score (nSPS) is 10.8. The van der Waals surface area contributed by atoms with Crippen LogP contribution in [0.25, 0.3) is 0 Å². The second-order valence-electron chi connectivity index (χ2n) is 4.14. The van der Waals surface area contributed by atoms with Crippen LogP contribution in [0, 0.1) is 11.6 Å². The quantitative estimate of drug-likeness (QED) is 0.773. The highest BCUT2D eigenvalue weighted by atomic mass is 19.1. The lowest BCUT2D eigenvalue weighted by atomic mass is 10.1. The summed E-state index contributed by atoms with van der Waals surface area (Å²) in [5.74, 6) is -2.36. The second-order valence-corrected chi connectivity index (χ2v) is 4.14. The fourth-order valence-electron chi connectivity index (χ4n) is 1.70. The van der Waals surface area contributed by atoms with Gasteiger partial charge in [0, 0.05) is 19.2 Å². The summed E-state index contributed by atoms with van der Waals surface area (Å²) in [4.78, 5) is 13.9. The van der Waals surface area contributed by atoms with Crippen LogP contribution in [0.1, 0.15) is 24.2 Å². The van der Waals surface area contributed by atoms with Crippen molar-refractivity contribution in [3.63, 3.8) is 0 Å². The molecule has 0 aliphatic rings. The van der Waals surface area contributed by atoms with Crippen molar-refractivity contribution in [1.29, 1.82) is 0 Å². The van der Waals surface area contributed by atoms with E-state index in [0.29, 0.717) is 19.2 Å². The second kappa shape index (κ2) is 7.04. The molecular formula is C13H19F2N3O. The Morgan fingerprint density at radius 1 is 1.26 bits per heavy atom. The molecule has 0 bridgehead atoms. The first-order valence-corrected chi connectivity index (χ1v) is 6.24. The number of carbonyl (C=O) groups excluding carboxylic acids is 1. The van der Waals surface area contributed by atoms with Crippen LogP contribution in [0.15, 0.2) is 12.1 Å². The molecule has 1 amide bonds. The van der Waals surface area contributed by atoms with E-state index in [1.54, 1.807) is 0 Å². The molecule has 3 N–H and O–H groups in total. The Kier molecular flexibility index (Phi) is 5.69. The summed E-state index contributed by atoms with van der Waals surface area (Å²) >= 11 is 0. The van der Waals surface area contributed by atoms with Crippen LogP contribution in [0.2, 0.25) is 0 Å². The summed E-state index contributed by atoms with van der Waals surface area (Å²) in [7, 11) is 0. The fraction of sp³-hybridized carbons (Fsp3) is 0.462. The van der Waals surface area contributed by atoms with Gasteiger partial charge in [-0.2, -0.15) is 0 Å². The Balaban J connectivity index is 2.61. The largest absolute Gasteiger partial charge is 0.396 e. The van der Waals surface area contributed by atoms with E-state index in [2.05, 4.69) is 10.2 Å². The minimum atomic E-state index is -0.910. The third-order valence-corrected chi connectivity index (χ3v) is 2.94. The number of carbonyl (C=O) groups is 1. The van der Waals surface area contributed by atoms with Crippen molar-refractivity contribution in [1.82, 2.24) is 10.2 Å². The zero-order valence-electron chi connectivity index (χ0n) is 11.2. The third kappa shape index (κ3) is 4.17. The molecule has 1 aromatic rings. The maximum Gasteiger partial charge on any atom is 0.254 e. The summed E-state index contributed by atoms with van der Waals surface area (Å²) in [6.07, 6.45) is 0. The van der Waals surface area contributed by atoms with E-state index in [-0.39, 0.29) is 11.3 Å². The van der Waals surface area contributed by atoms with Gasteiger partial charge in [0.15, 0.2) is 0 Å². The summed E-state index contributed by atoms with van der Waals surface area (Å²) in [5.41, 5.74) is 4.84. The van der Waals surface area contributed by atoms with Gasteiger partial charge in [0.05, 0.1) is 11.3 Å². The highest BCUT2D eigenvalue weighted by Crippen LogP contribution is 2.16. The predicted molar refractivity (Wildman–Crippen MR) is 70.9 cm³/mol. The average molecular weight is 271 g/mol. The summed E-state index contributed by atoms with van der Waals surface area (Å²) in [5, 5.41) is 2.59. The van der Waals surface area contributed by atoms with E-state index in [9.17, 15) is 13.6 Å². The van der Waals surface area contributed by atoms with Gasteiger partial charge in [-0.1, -0.05) is 13.8 Å². The molecule has 106 valence electrons. The van der Waals surface area contributed by atoms with Crippen molar-refractivity contribution in [3.8, 4) is 0 Å². The fourth-order valence-corrected chi connectivity index (χ4v) is 1.70. The number of anilines is 1. The molecular weight excluding hydrogens is 252 g/mol. The molecule has 0 fully saturated rings. The standard InChI is InChI=1S/C13H19F2N3O/c1-3-18(4-2)6-5-17-13(19)9-7-12(16)11(15)8-10(9)14/h7-8H,3-6,16H2,1-2H3,(H,17,19). The van der Waals surface area contributed by atoms with Gasteiger partial charge in [0.25, 0.3) is 5.91 Å². The molecule has 6 heteroatoms. The maximum atomic E-state index is 13.4. The van der Waals surface area contributed by atoms with E-state index in [1.807, 2.05) is 13.8 Å². The monoisotopic (exact) mass is 271 g/mol. The minimum absolute atomic E-state index is 0.238. The van der Waals surface area contributed by atoms with Crippen molar-refractivity contribution in [2.45, 2.75) is 13.8 Å². The first kappa shape index (κ1) is 15.4. The molecule has 0 aromatic heterocycles. The van der Waals surface area contributed by atoms with Crippen LogP contribution in [-0.4, -0.2) is 37.0 Å². The zero-order chi connectivity index (χ0) is 14.4. The van der Waals surface area contributed by atoms with Crippen LogP contribution < -0.4 is 11.1 Å². The molecule has 0 heterocycles. The van der Waals surface area contributed by atoms with Crippen LogP contribution in [0.5, 0.6) is 0 Å². The topological polar surface area (TPSA) is 58.4 Å². The van der Waals surface area contributed by atoms with Gasteiger partial charge in [-0.25, -0.2) is 8.78 Å². The van der Waals surface area contributed by atoms with Crippen LogP contribution in [-0.2, 0) is 0 Å². The molecule has 0 atom stereocenters. The summed E-state index contributed by atoms with van der Waals surface area (Å²) in [6, 6.07) is 1.63. The molecule has 0 radical (unpaired) electrons. The van der Waals surface area contributed by atoms with Gasteiger partial charge in [-0.3, -0.25) is 4.79 Å². The Hall–Kier alpha value is -1.69. The number of halogens is 2. The van der Waals surface area contributed by atoms with Crippen molar-refractivity contribution >= 4 is 11.6 Å². The molecule has 0 aliphatic heterocycles. The van der Waals surface area contributed by atoms with Gasteiger partial charge < -0.3 is 16.0 Å². The van der Waals surface area contributed by atoms with Gasteiger partial charge in [0.2, 0.25) is 0 Å². The number of hydrogen-bond donors (Lipinski definition) is 2. The lowest BCUT2D eigenvalue weighted by Crippen LogP contribution is -2.35. The molecule has 0 aliphatic carbocycles. The molecule has 1 aromatic carbocycles. The lowest BCUT2D eigenvalue weighted by Gasteiger charge is -2.18. The van der Waals surface area contributed by atoms with Crippen LogP contribution in [0.3, 0.4) is 0 Å². The number of rotatable bonds is 6. The minimum Gasteiger partial charge on any atom is -0.396 e. The van der Waals surface area contributed by atoms with Crippen molar-refractivity contribution in [2.75, 3.05) is 31.9 Å². The van der Waals surface area contributed by atoms with Gasteiger partial charge in [-0.15, -0.1) is 0 Å². The van der Waals surface area contributed by atoms with Gasteiger partial charge in [-0.05, 0) is 19.2 Å². The lowest BCUT2D eigenvalue weighted by molar-refractivity contribution is 0.0945. The van der Waals surface area contributed by atoms with Crippen LogP contribution >= 0.6 is 0 Å². The molecule has 19 heavy (non-hydrogen) atoms. The van der Waals surface area contributed by atoms with Crippen molar-refractivity contribution in [2.24, 2.45) is 0 Å². The number of nitrogens with zero attached hydrogens (tertiary/aromatic N) is 1. The molecule has 0 saturated carbocycles. The highest BCUT2D eigenvalue weighted by Gasteiger charge is 2.14. The third-order valence-electron chi connectivity index (χ3n) is 2.94. The Morgan fingerprint density at radius 3 is 2.47 bits per heavy atom. The van der Waals surface area contributed by atoms with E-state index in [1.165, 1.54) is 0 Å². The summed E-state index contributed by atoms with van der Waals surface area (Å²) < 4.78 is 26.4. The molecule has 0 spiro atoms. The number of benzene rings is 1. The van der Waals surface area contributed by atoms with Crippen molar-refractivity contribution < 1.29 is 13.6 Å². The van der Waals surface area contributed by atoms with E-state index < -0.39 is 17.5 Å². The molecule has 1 rings (SSSR count). The van der Waals surface area contributed by atoms with Crippen LogP contribution in [0.4, 0.5) is 14.5 Å². The number of nitrogen functional groups attached to an aromatic ring is 1. The van der Waals surface area contributed by atoms with E-state index >= 15 is 0 Å². The smallest absolute Gasteiger partial charge is 0.254 e. The Labute approximate surface area is 111 Å². The van der Waals surface area contributed by atoms with E-state index in [0.717, 1.165) is 19.2 Å². The zero-order valence-corrected chi connectivity index (χ0v) is 11.2. The maximum absolute atomic E-state index is 13.4.